The van der Waals surface area contributed by atoms with Gasteiger partial charge < -0.3 is 4.74 Å². The first kappa shape index (κ1) is 14.8. The van der Waals surface area contributed by atoms with Crippen molar-refractivity contribution in [2.75, 3.05) is 7.11 Å². The summed E-state index contributed by atoms with van der Waals surface area (Å²) in [6.07, 6.45) is 1.17. The molecule has 0 saturated carbocycles. The van der Waals surface area contributed by atoms with Gasteiger partial charge in [0.15, 0.2) is 5.78 Å². The molecule has 0 aliphatic heterocycles. The second-order valence-corrected chi connectivity index (χ2v) is 5.31. The third-order valence-electron chi connectivity index (χ3n) is 3.24. The fraction of sp³-hybridized carbons (Fsp3) is 0.333. The van der Waals surface area contributed by atoms with Crippen LogP contribution in [0.15, 0.2) is 28.7 Å². The largest absolute Gasteiger partial charge is 0.497 e. The first-order valence-electron chi connectivity index (χ1n) is 6.44. The standard InChI is InChI=1S/C15H17BrN2O2/c1-4-12-15(16)13(18(2)17-12)9-14(19)10-5-7-11(20-3)8-6-10/h5-8H,4,9H2,1-3H3. The Kier molecular flexibility index (Phi) is 4.60. The van der Waals surface area contributed by atoms with Crippen LogP contribution < -0.4 is 4.74 Å². The van der Waals surface area contributed by atoms with Gasteiger partial charge in [0.05, 0.1) is 29.4 Å². The van der Waals surface area contributed by atoms with E-state index < -0.39 is 0 Å². The van der Waals surface area contributed by atoms with Crippen LogP contribution in [-0.2, 0) is 19.9 Å². The van der Waals surface area contributed by atoms with E-state index >= 15 is 0 Å². The van der Waals surface area contributed by atoms with Crippen molar-refractivity contribution in [3.63, 3.8) is 0 Å². The molecule has 2 rings (SSSR count). The van der Waals surface area contributed by atoms with Crippen LogP contribution in [0.4, 0.5) is 0 Å². The van der Waals surface area contributed by atoms with E-state index in [9.17, 15) is 4.79 Å². The van der Waals surface area contributed by atoms with Gasteiger partial charge >= 0.3 is 0 Å². The highest BCUT2D eigenvalue weighted by molar-refractivity contribution is 9.10. The average Bonchev–Trinajstić information content (AvgIpc) is 2.74. The molecule has 0 aliphatic carbocycles. The van der Waals surface area contributed by atoms with Crippen LogP contribution in [0.2, 0.25) is 0 Å². The van der Waals surface area contributed by atoms with Crippen LogP contribution >= 0.6 is 15.9 Å². The van der Waals surface area contributed by atoms with Crippen LogP contribution in [-0.4, -0.2) is 22.7 Å². The number of carbonyl (C=O) groups is 1. The van der Waals surface area contributed by atoms with E-state index in [0.717, 1.165) is 28.0 Å². The van der Waals surface area contributed by atoms with Gasteiger partial charge in [0.25, 0.3) is 0 Å². The number of rotatable bonds is 5. The molecule has 0 amide bonds. The zero-order chi connectivity index (χ0) is 14.7. The maximum absolute atomic E-state index is 12.3. The number of benzene rings is 1. The quantitative estimate of drug-likeness (QED) is 0.787. The van der Waals surface area contributed by atoms with Crippen molar-refractivity contribution in [1.29, 1.82) is 0 Å². The number of hydrogen-bond donors (Lipinski definition) is 0. The summed E-state index contributed by atoms with van der Waals surface area (Å²) in [7, 11) is 3.47. The van der Waals surface area contributed by atoms with Gasteiger partial charge in [0.1, 0.15) is 5.75 Å². The number of nitrogens with zero attached hydrogens (tertiary/aromatic N) is 2. The van der Waals surface area contributed by atoms with E-state index in [1.165, 1.54) is 0 Å². The third-order valence-corrected chi connectivity index (χ3v) is 4.16. The molecule has 0 saturated heterocycles. The van der Waals surface area contributed by atoms with Crippen molar-refractivity contribution >= 4 is 21.7 Å². The summed E-state index contributed by atoms with van der Waals surface area (Å²) < 4.78 is 7.79. The number of Topliss-reactive ketones (excluding diaryl/α,β-unsaturated/α-hetero) is 1. The molecular formula is C15H17BrN2O2. The van der Waals surface area contributed by atoms with Crippen molar-refractivity contribution in [3.8, 4) is 5.75 Å². The van der Waals surface area contributed by atoms with Gasteiger partial charge in [0, 0.05) is 12.6 Å². The van der Waals surface area contributed by atoms with Crippen LogP contribution in [0, 0.1) is 0 Å². The smallest absolute Gasteiger partial charge is 0.168 e. The lowest BCUT2D eigenvalue weighted by Crippen LogP contribution is -2.08. The lowest BCUT2D eigenvalue weighted by Gasteiger charge is -2.04. The number of ketones is 1. The van der Waals surface area contributed by atoms with Crippen LogP contribution in [0.3, 0.4) is 0 Å². The molecule has 1 aromatic carbocycles. The molecule has 4 nitrogen and oxygen atoms in total. The van der Waals surface area contributed by atoms with Gasteiger partial charge in [-0.05, 0) is 46.6 Å². The van der Waals surface area contributed by atoms with E-state index in [2.05, 4.69) is 21.0 Å². The van der Waals surface area contributed by atoms with Gasteiger partial charge in [-0.2, -0.15) is 5.10 Å². The molecule has 0 N–H and O–H groups in total. The Labute approximate surface area is 126 Å². The van der Waals surface area contributed by atoms with E-state index in [4.69, 9.17) is 4.74 Å². The van der Waals surface area contributed by atoms with Crippen LogP contribution in [0.5, 0.6) is 5.75 Å². The Balaban J connectivity index is 2.20. The molecule has 1 aromatic heterocycles. The van der Waals surface area contributed by atoms with Crippen molar-refractivity contribution < 1.29 is 9.53 Å². The molecule has 106 valence electrons. The summed E-state index contributed by atoms with van der Waals surface area (Å²) in [5.41, 5.74) is 2.56. The molecule has 1 heterocycles. The fourth-order valence-corrected chi connectivity index (χ4v) is 2.80. The lowest BCUT2D eigenvalue weighted by atomic mass is 10.1. The third kappa shape index (κ3) is 2.93. The first-order chi connectivity index (χ1) is 9.56. The van der Waals surface area contributed by atoms with Gasteiger partial charge in [-0.3, -0.25) is 9.48 Å². The molecule has 0 unspecified atom stereocenters. The van der Waals surface area contributed by atoms with Crippen LogP contribution in [0.1, 0.15) is 28.7 Å². The van der Waals surface area contributed by atoms with Crippen molar-refractivity contribution in [3.05, 3.63) is 45.7 Å². The van der Waals surface area contributed by atoms with Gasteiger partial charge in [0.2, 0.25) is 0 Å². The summed E-state index contributed by atoms with van der Waals surface area (Å²) in [6, 6.07) is 7.16. The molecule has 0 spiro atoms. The number of halogens is 1. The van der Waals surface area contributed by atoms with Crippen molar-refractivity contribution in [1.82, 2.24) is 9.78 Å². The Morgan fingerprint density at radius 2 is 2.00 bits per heavy atom. The van der Waals surface area contributed by atoms with E-state index in [-0.39, 0.29) is 5.78 Å². The summed E-state index contributed by atoms with van der Waals surface area (Å²) in [6.45, 7) is 2.04. The minimum atomic E-state index is 0.0685. The van der Waals surface area contributed by atoms with E-state index in [1.54, 1.807) is 36.1 Å². The Morgan fingerprint density at radius 1 is 1.35 bits per heavy atom. The van der Waals surface area contributed by atoms with Crippen LogP contribution in [0.25, 0.3) is 0 Å². The number of aromatic nitrogens is 2. The monoisotopic (exact) mass is 336 g/mol. The molecule has 2 aromatic rings. The van der Waals surface area contributed by atoms with Gasteiger partial charge in [-0.25, -0.2) is 0 Å². The molecule has 0 aliphatic rings. The maximum atomic E-state index is 12.3. The maximum Gasteiger partial charge on any atom is 0.168 e. The van der Waals surface area contributed by atoms with Crippen molar-refractivity contribution in [2.24, 2.45) is 7.05 Å². The lowest BCUT2D eigenvalue weighted by molar-refractivity contribution is 0.0990. The molecule has 0 radical (unpaired) electrons. The van der Waals surface area contributed by atoms with Gasteiger partial charge in [-0.1, -0.05) is 6.92 Å². The minimum Gasteiger partial charge on any atom is -0.497 e. The minimum absolute atomic E-state index is 0.0685. The topological polar surface area (TPSA) is 44.1 Å². The molecule has 0 fully saturated rings. The summed E-state index contributed by atoms with van der Waals surface area (Å²) >= 11 is 3.53. The zero-order valence-electron chi connectivity index (χ0n) is 11.8. The first-order valence-corrected chi connectivity index (χ1v) is 7.23. The number of aryl methyl sites for hydroxylation is 2. The van der Waals surface area contributed by atoms with E-state index in [0.29, 0.717) is 12.0 Å². The number of methoxy groups -OCH3 is 1. The highest BCUT2D eigenvalue weighted by atomic mass is 79.9. The fourth-order valence-electron chi connectivity index (χ4n) is 2.04. The Morgan fingerprint density at radius 3 is 2.50 bits per heavy atom. The molecule has 0 atom stereocenters. The zero-order valence-corrected chi connectivity index (χ0v) is 13.4. The molecule has 5 heteroatoms. The molecule has 0 bridgehead atoms. The number of hydrogen-bond acceptors (Lipinski definition) is 3. The number of carbonyl (C=O) groups excluding carboxylic acids is 1. The summed E-state index contributed by atoms with van der Waals surface area (Å²) in [5, 5.41) is 4.40. The van der Waals surface area contributed by atoms with E-state index in [1.807, 2.05) is 14.0 Å². The second-order valence-electron chi connectivity index (χ2n) is 4.51. The Hall–Kier alpha value is -1.62. The normalized spacial score (nSPS) is 10.6. The van der Waals surface area contributed by atoms with Gasteiger partial charge in [-0.15, -0.1) is 0 Å². The number of ether oxygens (including phenoxy) is 1. The summed E-state index contributed by atoms with van der Waals surface area (Å²) in [4.78, 5) is 12.3. The summed E-state index contributed by atoms with van der Waals surface area (Å²) in [5.74, 6) is 0.815. The second kappa shape index (κ2) is 6.22. The molecular weight excluding hydrogens is 320 g/mol. The molecule has 20 heavy (non-hydrogen) atoms. The predicted molar refractivity (Wildman–Crippen MR) is 81.3 cm³/mol. The Bertz CT molecular complexity index is 618. The highest BCUT2D eigenvalue weighted by Gasteiger charge is 2.16. The van der Waals surface area contributed by atoms with Crippen molar-refractivity contribution in [2.45, 2.75) is 19.8 Å². The average molecular weight is 337 g/mol. The highest BCUT2D eigenvalue weighted by Crippen LogP contribution is 2.23. The predicted octanol–water partition coefficient (Wildman–Crippen LogP) is 3.18. The SMILES string of the molecule is CCc1nn(C)c(CC(=O)c2ccc(OC)cc2)c1Br.